The van der Waals surface area contributed by atoms with Crippen LogP contribution < -0.4 is 0 Å². The van der Waals surface area contributed by atoms with Crippen molar-refractivity contribution >= 4 is 11.7 Å². The van der Waals surface area contributed by atoms with Crippen molar-refractivity contribution in [3.05, 3.63) is 70.8 Å². The summed E-state index contributed by atoms with van der Waals surface area (Å²) in [5, 5.41) is 8.80. The number of unbranched alkanes of at least 4 members (excludes halogenated alkanes) is 3. The van der Waals surface area contributed by atoms with Crippen LogP contribution in [0.15, 0.2) is 53.5 Å². The number of nitrogens with one attached hydrogen (secondary N) is 1. The van der Waals surface area contributed by atoms with E-state index < -0.39 is 0 Å². The first-order chi connectivity index (χ1) is 16.2. The van der Waals surface area contributed by atoms with Gasteiger partial charge in [0.05, 0.1) is 0 Å². The fourth-order valence-electron chi connectivity index (χ4n) is 4.84. The molecule has 0 saturated heterocycles. The van der Waals surface area contributed by atoms with Crippen LogP contribution in [0.25, 0.3) is 0 Å². The third-order valence-corrected chi connectivity index (χ3v) is 7.29. The highest BCUT2D eigenvalue weighted by Crippen LogP contribution is 2.51. The fourth-order valence-corrected chi connectivity index (χ4v) is 4.84. The van der Waals surface area contributed by atoms with Gasteiger partial charge in [-0.25, -0.2) is 4.99 Å². The van der Waals surface area contributed by atoms with Crippen molar-refractivity contribution in [3.8, 4) is 0 Å². The first-order valence-corrected chi connectivity index (χ1v) is 13.3. The first kappa shape index (κ1) is 26.2. The van der Waals surface area contributed by atoms with Crippen molar-refractivity contribution < 1.29 is 0 Å². The smallest absolute Gasteiger partial charge is 0.154 e. The Morgan fingerprint density at radius 1 is 0.882 bits per heavy atom. The van der Waals surface area contributed by atoms with Crippen LogP contribution >= 0.6 is 0 Å². The largest absolute Gasteiger partial charge is 0.359 e. The maximum atomic E-state index is 8.80. The Hall–Kier alpha value is -2.42. The number of hydrogen-bond donors (Lipinski definition) is 1. The molecule has 3 heteroatoms. The highest BCUT2D eigenvalue weighted by molar-refractivity contribution is 6.10. The lowest BCUT2D eigenvalue weighted by Crippen LogP contribution is -2.30. The van der Waals surface area contributed by atoms with Crippen LogP contribution in [0.2, 0.25) is 0 Å². The molecule has 0 aromatic heterocycles. The summed E-state index contributed by atoms with van der Waals surface area (Å²) in [5.74, 6) is 1.22. The van der Waals surface area contributed by atoms with E-state index in [-0.39, 0.29) is 5.41 Å². The Kier molecular flexibility index (Phi) is 8.73. The average molecular weight is 460 g/mol. The summed E-state index contributed by atoms with van der Waals surface area (Å²) >= 11 is 0. The number of rotatable bonds is 10. The molecule has 0 radical (unpaired) electrons. The van der Waals surface area contributed by atoms with E-state index in [4.69, 9.17) is 10.4 Å². The van der Waals surface area contributed by atoms with Crippen LogP contribution in [-0.2, 0) is 10.8 Å². The van der Waals surface area contributed by atoms with Crippen LogP contribution in [0, 0.1) is 5.41 Å². The second-order valence-corrected chi connectivity index (χ2v) is 11.2. The molecule has 1 aliphatic rings. The second-order valence-electron chi connectivity index (χ2n) is 11.2. The lowest BCUT2D eigenvalue weighted by molar-refractivity contribution is 0.472. The molecule has 0 spiro atoms. The molecule has 1 aliphatic carbocycles. The van der Waals surface area contributed by atoms with Crippen molar-refractivity contribution in [1.29, 1.82) is 5.41 Å². The zero-order valence-corrected chi connectivity index (χ0v) is 22.4. The summed E-state index contributed by atoms with van der Waals surface area (Å²) in [6.07, 6.45) is 9.96. The summed E-state index contributed by atoms with van der Waals surface area (Å²) in [7, 11) is 2.11. The number of aliphatic imine (C=N–C) groups is 1. The van der Waals surface area contributed by atoms with Crippen LogP contribution in [0.4, 0.5) is 0 Å². The quantitative estimate of drug-likeness (QED) is 0.217. The zero-order chi connectivity index (χ0) is 24.8. The molecule has 2 aromatic carbocycles. The molecule has 0 bridgehead atoms. The molecule has 184 valence electrons. The lowest BCUT2D eigenvalue weighted by atomic mass is 9.86. The SMILES string of the molecule is CCCCCCN(C)/C(=N\C(=N)c1ccc(C2(CCC)CC2)cc1)c1ccc(C(C)(C)C)cc1. The van der Waals surface area contributed by atoms with Crippen molar-refractivity contribution in [1.82, 2.24) is 4.90 Å². The van der Waals surface area contributed by atoms with E-state index in [0.717, 1.165) is 29.9 Å². The molecular formula is C31H45N3. The van der Waals surface area contributed by atoms with Gasteiger partial charge in [0.15, 0.2) is 5.84 Å². The Bertz CT molecular complexity index is 957. The summed E-state index contributed by atoms with van der Waals surface area (Å²) in [5.41, 5.74) is 5.23. The lowest BCUT2D eigenvalue weighted by Gasteiger charge is -2.23. The molecule has 34 heavy (non-hydrogen) atoms. The van der Waals surface area contributed by atoms with Gasteiger partial charge in [0.25, 0.3) is 0 Å². The predicted molar refractivity (Wildman–Crippen MR) is 148 cm³/mol. The van der Waals surface area contributed by atoms with Gasteiger partial charge >= 0.3 is 0 Å². The summed E-state index contributed by atoms with van der Waals surface area (Å²) in [4.78, 5) is 7.10. The van der Waals surface area contributed by atoms with E-state index in [9.17, 15) is 0 Å². The minimum atomic E-state index is 0.118. The van der Waals surface area contributed by atoms with Crippen molar-refractivity contribution in [2.45, 2.75) is 96.8 Å². The highest BCUT2D eigenvalue weighted by Gasteiger charge is 2.42. The van der Waals surface area contributed by atoms with E-state index in [1.807, 2.05) is 0 Å². The third-order valence-electron chi connectivity index (χ3n) is 7.29. The Morgan fingerprint density at radius 3 is 2.03 bits per heavy atom. The summed E-state index contributed by atoms with van der Waals surface area (Å²) < 4.78 is 0. The predicted octanol–water partition coefficient (Wildman–Crippen LogP) is 8.10. The van der Waals surface area contributed by atoms with Gasteiger partial charge in [-0.1, -0.05) is 109 Å². The number of nitrogens with zero attached hydrogens (tertiary/aromatic N) is 2. The van der Waals surface area contributed by atoms with Gasteiger partial charge in [-0.15, -0.1) is 0 Å². The van der Waals surface area contributed by atoms with Crippen molar-refractivity contribution in [2.24, 2.45) is 4.99 Å². The molecular weight excluding hydrogens is 414 g/mol. The number of amidine groups is 2. The van der Waals surface area contributed by atoms with E-state index in [1.54, 1.807) is 0 Å². The van der Waals surface area contributed by atoms with Crippen LogP contribution in [0.5, 0.6) is 0 Å². The van der Waals surface area contributed by atoms with E-state index >= 15 is 0 Å². The fraction of sp³-hybridized carbons (Fsp3) is 0.548. The monoisotopic (exact) mass is 459 g/mol. The number of hydrogen-bond acceptors (Lipinski definition) is 1. The van der Waals surface area contributed by atoms with Gasteiger partial charge in [-0.3, -0.25) is 5.41 Å². The highest BCUT2D eigenvalue weighted by atomic mass is 15.2. The minimum Gasteiger partial charge on any atom is -0.359 e. The first-order valence-electron chi connectivity index (χ1n) is 13.3. The maximum absolute atomic E-state index is 8.80. The maximum Gasteiger partial charge on any atom is 0.154 e. The normalized spacial score (nSPS) is 15.3. The minimum absolute atomic E-state index is 0.118. The molecule has 3 rings (SSSR count). The molecule has 1 N–H and O–H groups in total. The van der Waals surface area contributed by atoms with Gasteiger partial charge < -0.3 is 4.90 Å². The third kappa shape index (κ3) is 6.58. The van der Waals surface area contributed by atoms with Gasteiger partial charge in [-0.2, -0.15) is 0 Å². The van der Waals surface area contributed by atoms with E-state index in [0.29, 0.717) is 11.3 Å². The second kappa shape index (κ2) is 11.3. The summed E-state index contributed by atoms with van der Waals surface area (Å²) in [6.45, 7) is 12.2. The molecule has 2 aromatic rings. The summed E-state index contributed by atoms with van der Waals surface area (Å²) in [6, 6.07) is 17.4. The molecule has 0 unspecified atom stereocenters. The molecule has 1 fully saturated rings. The van der Waals surface area contributed by atoms with Crippen molar-refractivity contribution in [2.75, 3.05) is 13.6 Å². The van der Waals surface area contributed by atoms with Crippen LogP contribution in [0.1, 0.15) is 108 Å². The van der Waals surface area contributed by atoms with Gasteiger partial charge in [0, 0.05) is 24.7 Å². The van der Waals surface area contributed by atoms with Gasteiger partial charge in [0.1, 0.15) is 5.84 Å². The topological polar surface area (TPSA) is 39.5 Å². The average Bonchev–Trinajstić information content (AvgIpc) is 3.60. The molecule has 0 heterocycles. The molecule has 3 nitrogen and oxygen atoms in total. The molecule has 0 atom stereocenters. The standard InChI is InChI=1S/C31H45N3/c1-7-9-10-11-23-34(6)29(25-14-16-26(17-15-25)30(3,4)5)33-28(32)24-12-18-27(19-13-24)31(20-8-2)21-22-31/h12-19,32H,7-11,20-23H2,1-6H3/b32-28?,33-29-. The van der Waals surface area contributed by atoms with E-state index in [1.165, 1.54) is 56.1 Å². The van der Waals surface area contributed by atoms with Crippen LogP contribution in [-0.4, -0.2) is 30.2 Å². The van der Waals surface area contributed by atoms with E-state index in [2.05, 4.69) is 95.1 Å². The van der Waals surface area contributed by atoms with Gasteiger partial charge in [-0.05, 0) is 47.6 Å². The Balaban J connectivity index is 1.84. The molecule has 0 amide bonds. The molecule has 1 saturated carbocycles. The Morgan fingerprint density at radius 2 is 1.50 bits per heavy atom. The van der Waals surface area contributed by atoms with Gasteiger partial charge in [0.2, 0.25) is 0 Å². The molecule has 0 aliphatic heterocycles. The Labute approximate surface area is 208 Å². The number of benzene rings is 2. The van der Waals surface area contributed by atoms with Crippen LogP contribution in [0.3, 0.4) is 0 Å². The van der Waals surface area contributed by atoms with Crippen molar-refractivity contribution in [3.63, 3.8) is 0 Å². The zero-order valence-electron chi connectivity index (χ0n) is 22.4.